The molecule has 0 spiro atoms. The van der Waals surface area contributed by atoms with Crippen LogP contribution in [0, 0.1) is 6.92 Å². The summed E-state index contributed by atoms with van der Waals surface area (Å²) in [6.45, 7) is 1.73. The molecule has 0 amide bonds. The zero-order chi connectivity index (χ0) is 12.8. The maximum Gasteiger partial charge on any atom is 0.323 e. The third kappa shape index (κ3) is 4.50. The Kier molecular flexibility index (Phi) is 4.45. The van der Waals surface area contributed by atoms with Gasteiger partial charge in [0.2, 0.25) is 0 Å². The molecular weight excluding hydrogens is 224 g/mol. The third-order valence-electron chi connectivity index (χ3n) is 2.15. The summed E-state index contributed by atoms with van der Waals surface area (Å²) < 4.78 is 0. The lowest BCUT2D eigenvalue weighted by Crippen LogP contribution is -2.32. The summed E-state index contributed by atoms with van der Waals surface area (Å²) in [5.41, 5.74) is 0.945. The molecule has 1 rings (SSSR count). The van der Waals surface area contributed by atoms with Crippen LogP contribution in [-0.4, -0.2) is 40.2 Å². The lowest BCUT2D eigenvalue weighted by atomic mass is 10.2. The van der Waals surface area contributed by atoms with Crippen molar-refractivity contribution in [3.8, 4) is 0 Å². The van der Waals surface area contributed by atoms with Crippen LogP contribution in [0.3, 0.4) is 0 Å². The predicted molar refractivity (Wildman–Crippen MR) is 61.1 cm³/mol. The molecule has 0 saturated heterocycles. The molecule has 0 radical (unpaired) electrons. The highest BCUT2D eigenvalue weighted by molar-refractivity contribution is 5.74. The normalized spacial score (nSPS) is 9.94. The van der Waals surface area contributed by atoms with E-state index in [-0.39, 0.29) is 19.5 Å². The van der Waals surface area contributed by atoms with Crippen molar-refractivity contribution in [2.24, 2.45) is 0 Å². The molecule has 0 atom stereocenters. The van der Waals surface area contributed by atoms with E-state index in [1.54, 1.807) is 18.3 Å². The fourth-order valence-corrected chi connectivity index (χ4v) is 1.36. The number of aliphatic carboxylic acids is 2. The number of hydrogen-bond acceptors (Lipinski definition) is 4. The molecule has 0 fully saturated rings. The molecule has 17 heavy (non-hydrogen) atoms. The first kappa shape index (κ1) is 13.0. The highest BCUT2D eigenvalue weighted by atomic mass is 16.4. The molecule has 0 saturated carbocycles. The quantitative estimate of drug-likeness (QED) is 0.760. The molecule has 6 heteroatoms. The highest BCUT2D eigenvalue weighted by Gasteiger charge is 2.13. The summed E-state index contributed by atoms with van der Waals surface area (Å²) in [6.07, 6.45) is 1.45. The van der Waals surface area contributed by atoms with Crippen LogP contribution in [0.25, 0.3) is 0 Å². The lowest BCUT2D eigenvalue weighted by molar-refractivity contribution is -0.138. The zero-order valence-corrected chi connectivity index (χ0v) is 9.46. The first-order chi connectivity index (χ1) is 7.99. The molecule has 0 aliphatic rings. The number of carbonyl (C=O) groups is 2. The van der Waals surface area contributed by atoms with E-state index >= 15 is 0 Å². The van der Waals surface area contributed by atoms with E-state index in [2.05, 4.69) is 4.98 Å². The van der Waals surface area contributed by atoms with Gasteiger partial charge in [0.15, 0.2) is 0 Å². The Morgan fingerprint density at radius 1 is 1.35 bits per heavy atom. The monoisotopic (exact) mass is 238 g/mol. The van der Waals surface area contributed by atoms with Crippen LogP contribution in [0.5, 0.6) is 0 Å². The minimum Gasteiger partial charge on any atom is -0.481 e. The second-order valence-corrected chi connectivity index (χ2v) is 3.65. The Morgan fingerprint density at radius 3 is 2.59 bits per heavy atom. The van der Waals surface area contributed by atoms with Gasteiger partial charge in [-0.15, -0.1) is 0 Å². The third-order valence-corrected chi connectivity index (χ3v) is 2.15. The number of pyridine rings is 1. The lowest BCUT2D eigenvalue weighted by Gasteiger charge is -2.20. The van der Waals surface area contributed by atoms with E-state index in [4.69, 9.17) is 10.2 Å². The molecule has 92 valence electrons. The number of anilines is 1. The van der Waals surface area contributed by atoms with E-state index in [1.807, 2.05) is 6.92 Å². The van der Waals surface area contributed by atoms with E-state index in [1.165, 1.54) is 4.90 Å². The molecular formula is C11H14N2O4. The van der Waals surface area contributed by atoms with Gasteiger partial charge in [-0.25, -0.2) is 4.98 Å². The maximum absolute atomic E-state index is 10.7. The summed E-state index contributed by atoms with van der Waals surface area (Å²) in [4.78, 5) is 26.7. The Bertz CT molecular complexity index is 420. The maximum atomic E-state index is 10.7. The van der Waals surface area contributed by atoms with Crippen molar-refractivity contribution in [3.63, 3.8) is 0 Å². The van der Waals surface area contributed by atoms with Crippen molar-refractivity contribution in [1.29, 1.82) is 0 Å². The average Bonchev–Trinajstić information content (AvgIpc) is 2.23. The Labute approximate surface area is 98.5 Å². The van der Waals surface area contributed by atoms with Gasteiger partial charge in [-0.3, -0.25) is 9.59 Å². The Balaban J connectivity index is 2.81. The number of rotatable bonds is 6. The van der Waals surface area contributed by atoms with Crippen LogP contribution in [0.15, 0.2) is 18.3 Å². The van der Waals surface area contributed by atoms with Crippen molar-refractivity contribution < 1.29 is 19.8 Å². The second-order valence-electron chi connectivity index (χ2n) is 3.65. The van der Waals surface area contributed by atoms with Crippen LogP contribution in [0.4, 0.5) is 5.82 Å². The highest BCUT2D eigenvalue weighted by Crippen LogP contribution is 2.12. The molecule has 0 bridgehead atoms. The first-order valence-corrected chi connectivity index (χ1v) is 5.10. The van der Waals surface area contributed by atoms with Gasteiger partial charge in [-0.05, 0) is 24.6 Å². The van der Waals surface area contributed by atoms with Gasteiger partial charge in [-0.1, -0.05) is 0 Å². The number of carboxylic acid groups (broad SMARTS) is 2. The molecule has 0 aliphatic heterocycles. The minimum absolute atomic E-state index is 0.122. The van der Waals surface area contributed by atoms with Gasteiger partial charge in [0.05, 0.1) is 6.42 Å². The van der Waals surface area contributed by atoms with Crippen molar-refractivity contribution in [2.45, 2.75) is 13.3 Å². The summed E-state index contributed by atoms with van der Waals surface area (Å²) in [5, 5.41) is 17.4. The van der Waals surface area contributed by atoms with E-state index in [0.717, 1.165) is 5.56 Å². The van der Waals surface area contributed by atoms with Gasteiger partial charge in [0.25, 0.3) is 0 Å². The van der Waals surface area contributed by atoms with Gasteiger partial charge in [0.1, 0.15) is 12.4 Å². The molecule has 1 heterocycles. The Hall–Kier alpha value is -2.11. The van der Waals surface area contributed by atoms with Crippen LogP contribution in [0.1, 0.15) is 12.0 Å². The standard InChI is InChI=1S/C11H14N2O4/c1-8-2-4-12-9(6-8)13(7-11(16)17)5-3-10(14)15/h2,4,6H,3,5,7H2,1H3,(H,14,15)(H,16,17). The SMILES string of the molecule is Cc1ccnc(N(CCC(=O)O)CC(=O)O)c1. The molecule has 0 aliphatic carbocycles. The van der Waals surface area contributed by atoms with Crippen LogP contribution < -0.4 is 4.90 Å². The summed E-state index contributed by atoms with van der Waals surface area (Å²) in [5.74, 6) is -1.50. The topological polar surface area (TPSA) is 90.7 Å². The van der Waals surface area contributed by atoms with E-state index in [0.29, 0.717) is 5.82 Å². The fraction of sp³-hybridized carbons (Fsp3) is 0.364. The van der Waals surface area contributed by atoms with Crippen molar-refractivity contribution in [1.82, 2.24) is 4.98 Å². The number of carboxylic acids is 2. The molecule has 0 unspecified atom stereocenters. The molecule has 0 aromatic carbocycles. The summed E-state index contributed by atoms with van der Waals surface area (Å²) in [6, 6.07) is 3.52. The molecule has 1 aromatic heterocycles. The average molecular weight is 238 g/mol. The van der Waals surface area contributed by atoms with Gasteiger partial charge >= 0.3 is 11.9 Å². The smallest absolute Gasteiger partial charge is 0.323 e. The number of hydrogen-bond donors (Lipinski definition) is 2. The molecule has 2 N–H and O–H groups in total. The largest absolute Gasteiger partial charge is 0.481 e. The van der Waals surface area contributed by atoms with Crippen molar-refractivity contribution >= 4 is 17.8 Å². The van der Waals surface area contributed by atoms with E-state index in [9.17, 15) is 9.59 Å². The van der Waals surface area contributed by atoms with Crippen LogP contribution >= 0.6 is 0 Å². The number of aryl methyl sites for hydroxylation is 1. The minimum atomic E-state index is -1.02. The van der Waals surface area contributed by atoms with Crippen molar-refractivity contribution in [2.75, 3.05) is 18.0 Å². The van der Waals surface area contributed by atoms with Gasteiger partial charge in [0, 0.05) is 12.7 Å². The predicted octanol–water partition coefficient (Wildman–Crippen LogP) is 0.756. The Morgan fingerprint density at radius 2 is 2.06 bits per heavy atom. The zero-order valence-electron chi connectivity index (χ0n) is 9.46. The number of aromatic nitrogens is 1. The molecule has 1 aromatic rings. The molecule has 6 nitrogen and oxygen atoms in total. The van der Waals surface area contributed by atoms with Crippen LogP contribution in [0.2, 0.25) is 0 Å². The van der Waals surface area contributed by atoms with Gasteiger partial charge in [-0.2, -0.15) is 0 Å². The summed E-state index contributed by atoms with van der Waals surface area (Å²) >= 11 is 0. The second kappa shape index (κ2) is 5.83. The van der Waals surface area contributed by atoms with Gasteiger partial charge < -0.3 is 15.1 Å². The number of nitrogens with zero attached hydrogens (tertiary/aromatic N) is 2. The van der Waals surface area contributed by atoms with Crippen LogP contribution in [-0.2, 0) is 9.59 Å². The first-order valence-electron chi connectivity index (χ1n) is 5.10. The van der Waals surface area contributed by atoms with Crippen molar-refractivity contribution in [3.05, 3.63) is 23.9 Å². The summed E-state index contributed by atoms with van der Waals surface area (Å²) in [7, 11) is 0. The fourth-order valence-electron chi connectivity index (χ4n) is 1.36. The van der Waals surface area contributed by atoms with E-state index < -0.39 is 11.9 Å².